The first-order valence-corrected chi connectivity index (χ1v) is 8.68. The van der Waals surface area contributed by atoms with Crippen LogP contribution < -0.4 is 10.5 Å². The molecule has 0 aliphatic carbocycles. The predicted octanol–water partition coefficient (Wildman–Crippen LogP) is 2.92. The van der Waals surface area contributed by atoms with Gasteiger partial charge in [0, 0.05) is 21.7 Å². The summed E-state index contributed by atoms with van der Waals surface area (Å²) in [5, 5.41) is 8.55. The van der Waals surface area contributed by atoms with Crippen molar-refractivity contribution in [2.75, 3.05) is 5.32 Å². The van der Waals surface area contributed by atoms with E-state index in [4.69, 9.17) is 5.14 Å². The summed E-state index contributed by atoms with van der Waals surface area (Å²) in [5.74, 6) is -0.0829. The third kappa shape index (κ3) is 3.46. The van der Waals surface area contributed by atoms with E-state index in [-0.39, 0.29) is 10.7 Å². The Kier molecular flexibility index (Phi) is 4.00. The molecule has 0 atom stereocenters. The van der Waals surface area contributed by atoms with Crippen molar-refractivity contribution in [1.29, 1.82) is 0 Å². The lowest BCUT2D eigenvalue weighted by atomic mass is 10.2. The van der Waals surface area contributed by atoms with Gasteiger partial charge in [0.05, 0.1) is 10.4 Å². The van der Waals surface area contributed by atoms with Crippen LogP contribution in [0.25, 0.3) is 10.9 Å². The monoisotopic (exact) mass is 396 g/mol. The molecule has 0 aliphatic rings. The lowest BCUT2D eigenvalue weighted by Crippen LogP contribution is -2.11. The van der Waals surface area contributed by atoms with Crippen LogP contribution in [0.3, 0.4) is 0 Å². The quantitative estimate of drug-likeness (QED) is 0.708. The number of nitrogens with two attached hydrogens (primary N) is 1. The first kappa shape index (κ1) is 15.8. The van der Waals surface area contributed by atoms with Gasteiger partial charge in [-0.15, -0.1) is 0 Å². The normalized spacial score (nSPS) is 11.6. The number of primary sulfonamides is 1. The summed E-state index contributed by atoms with van der Waals surface area (Å²) in [4.78, 5) is 8.42. The molecular formula is C14H10BrFN4O2S. The number of rotatable bonds is 3. The highest BCUT2D eigenvalue weighted by molar-refractivity contribution is 9.10. The maximum atomic E-state index is 13.3. The minimum absolute atomic E-state index is 0.0145. The lowest BCUT2D eigenvalue weighted by Gasteiger charge is -2.07. The molecule has 0 aliphatic heterocycles. The van der Waals surface area contributed by atoms with E-state index >= 15 is 0 Å². The molecule has 0 spiro atoms. The molecule has 3 N–H and O–H groups in total. The van der Waals surface area contributed by atoms with Crippen molar-refractivity contribution in [1.82, 2.24) is 9.97 Å². The summed E-state index contributed by atoms with van der Waals surface area (Å²) in [7, 11) is -3.73. The molecule has 0 fully saturated rings. The molecule has 23 heavy (non-hydrogen) atoms. The highest BCUT2D eigenvalue weighted by Gasteiger charge is 2.09. The zero-order chi connectivity index (χ0) is 16.6. The van der Waals surface area contributed by atoms with E-state index in [1.165, 1.54) is 30.5 Å². The van der Waals surface area contributed by atoms with Gasteiger partial charge < -0.3 is 5.32 Å². The van der Waals surface area contributed by atoms with Crippen LogP contribution in [0.15, 0.2) is 52.0 Å². The molecule has 1 aromatic heterocycles. The second-order valence-corrected chi connectivity index (χ2v) is 7.13. The summed E-state index contributed by atoms with van der Waals surface area (Å²) in [5.41, 5.74) is 1.15. The summed E-state index contributed by atoms with van der Waals surface area (Å²) in [6.45, 7) is 0. The average Bonchev–Trinajstić information content (AvgIpc) is 2.47. The summed E-state index contributed by atoms with van der Waals surface area (Å²) >= 11 is 3.26. The van der Waals surface area contributed by atoms with Crippen molar-refractivity contribution in [3.63, 3.8) is 0 Å². The Labute approximate surface area is 139 Å². The van der Waals surface area contributed by atoms with Crippen molar-refractivity contribution >= 4 is 48.5 Å². The molecule has 2 aromatic carbocycles. The van der Waals surface area contributed by atoms with Gasteiger partial charge >= 0.3 is 0 Å². The summed E-state index contributed by atoms with van der Waals surface area (Å²) in [6.07, 6.45) is 1.50. The molecule has 0 saturated carbocycles. The van der Waals surface area contributed by atoms with Gasteiger partial charge in [-0.2, -0.15) is 0 Å². The van der Waals surface area contributed by atoms with Gasteiger partial charge in [0.1, 0.15) is 5.82 Å². The van der Waals surface area contributed by atoms with Gasteiger partial charge in [0.2, 0.25) is 16.0 Å². The van der Waals surface area contributed by atoms with Gasteiger partial charge in [-0.3, -0.25) is 0 Å². The van der Waals surface area contributed by atoms with Gasteiger partial charge in [0.15, 0.2) is 0 Å². The number of nitrogens with zero attached hydrogens (tertiary/aromatic N) is 2. The number of nitrogens with one attached hydrogen (secondary N) is 1. The number of hydrogen-bond donors (Lipinski definition) is 2. The third-order valence-corrected chi connectivity index (χ3v) is 4.57. The van der Waals surface area contributed by atoms with E-state index in [0.29, 0.717) is 27.0 Å². The zero-order valence-corrected chi connectivity index (χ0v) is 13.9. The van der Waals surface area contributed by atoms with E-state index in [1.807, 2.05) is 0 Å². The SMILES string of the molecule is NS(=O)(=O)c1ccc(Nc2ncc3cc(F)cc(Br)c3n2)cc1. The van der Waals surface area contributed by atoms with Crippen molar-refractivity contribution in [3.8, 4) is 0 Å². The number of benzene rings is 2. The Morgan fingerprint density at radius 2 is 1.87 bits per heavy atom. The fraction of sp³-hybridized carbons (Fsp3) is 0. The van der Waals surface area contributed by atoms with Crippen LogP contribution in [0.2, 0.25) is 0 Å². The van der Waals surface area contributed by atoms with Crippen molar-refractivity contribution in [2.45, 2.75) is 4.90 Å². The Morgan fingerprint density at radius 1 is 1.17 bits per heavy atom. The number of hydrogen-bond acceptors (Lipinski definition) is 5. The number of halogens is 2. The van der Waals surface area contributed by atoms with E-state index < -0.39 is 10.0 Å². The number of sulfonamides is 1. The topological polar surface area (TPSA) is 98.0 Å². The fourth-order valence-electron chi connectivity index (χ4n) is 1.98. The highest BCUT2D eigenvalue weighted by atomic mass is 79.9. The van der Waals surface area contributed by atoms with Crippen LogP contribution in [-0.2, 0) is 10.0 Å². The number of anilines is 2. The molecule has 3 rings (SSSR count). The number of fused-ring (bicyclic) bond motifs is 1. The van der Waals surface area contributed by atoms with E-state index in [9.17, 15) is 12.8 Å². The maximum absolute atomic E-state index is 13.3. The predicted molar refractivity (Wildman–Crippen MR) is 88.3 cm³/mol. The van der Waals surface area contributed by atoms with E-state index in [2.05, 4.69) is 31.2 Å². The standard InChI is InChI=1S/C14H10BrFN4O2S/c15-12-6-9(16)5-8-7-18-14(20-13(8)12)19-10-1-3-11(4-2-10)23(17,21)22/h1-7H,(H2,17,21,22)(H,18,19,20). The van der Waals surface area contributed by atoms with E-state index in [1.54, 1.807) is 12.1 Å². The van der Waals surface area contributed by atoms with Crippen molar-refractivity contribution in [3.05, 3.63) is 52.9 Å². The van der Waals surface area contributed by atoms with E-state index in [0.717, 1.165) is 0 Å². The average molecular weight is 397 g/mol. The maximum Gasteiger partial charge on any atom is 0.238 e. The minimum atomic E-state index is -3.73. The Morgan fingerprint density at radius 3 is 2.52 bits per heavy atom. The molecule has 9 heteroatoms. The molecule has 6 nitrogen and oxygen atoms in total. The molecule has 0 amide bonds. The van der Waals surface area contributed by atoms with Gasteiger partial charge in [-0.05, 0) is 52.3 Å². The Bertz CT molecular complexity index is 994. The summed E-state index contributed by atoms with van der Waals surface area (Å²) in [6, 6.07) is 8.51. The van der Waals surface area contributed by atoms with Crippen molar-refractivity contribution < 1.29 is 12.8 Å². The molecular weight excluding hydrogens is 387 g/mol. The second kappa shape index (κ2) is 5.84. The van der Waals surface area contributed by atoms with Gasteiger partial charge in [-0.25, -0.2) is 27.9 Å². The molecule has 3 aromatic rings. The van der Waals surface area contributed by atoms with Crippen LogP contribution in [0.1, 0.15) is 0 Å². The first-order chi connectivity index (χ1) is 10.8. The molecule has 118 valence electrons. The Hall–Kier alpha value is -2.10. The largest absolute Gasteiger partial charge is 0.324 e. The highest BCUT2D eigenvalue weighted by Crippen LogP contribution is 2.25. The molecule has 0 unspecified atom stereocenters. The second-order valence-electron chi connectivity index (χ2n) is 4.71. The number of aromatic nitrogens is 2. The third-order valence-electron chi connectivity index (χ3n) is 3.04. The van der Waals surface area contributed by atoms with Crippen LogP contribution >= 0.6 is 15.9 Å². The molecule has 0 radical (unpaired) electrons. The van der Waals surface area contributed by atoms with Crippen LogP contribution in [-0.4, -0.2) is 18.4 Å². The first-order valence-electron chi connectivity index (χ1n) is 6.34. The zero-order valence-electron chi connectivity index (χ0n) is 11.5. The van der Waals surface area contributed by atoms with Crippen molar-refractivity contribution in [2.24, 2.45) is 5.14 Å². The minimum Gasteiger partial charge on any atom is -0.324 e. The fourth-order valence-corrected chi connectivity index (χ4v) is 3.04. The molecule has 0 saturated heterocycles. The van der Waals surface area contributed by atoms with Crippen LogP contribution in [0.5, 0.6) is 0 Å². The van der Waals surface area contributed by atoms with Gasteiger partial charge in [0.25, 0.3) is 0 Å². The van der Waals surface area contributed by atoms with Crippen LogP contribution in [0, 0.1) is 5.82 Å². The smallest absolute Gasteiger partial charge is 0.238 e. The van der Waals surface area contributed by atoms with Gasteiger partial charge in [-0.1, -0.05) is 0 Å². The summed E-state index contributed by atoms with van der Waals surface area (Å²) < 4.78 is 36.3. The lowest BCUT2D eigenvalue weighted by molar-refractivity contribution is 0.598. The molecule has 0 bridgehead atoms. The molecule has 1 heterocycles. The Balaban J connectivity index is 1.92. The van der Waals surface area contributed by atoms with Crippen LogP contribution in [0.4, 0.5) is 16.0 Å².